The maximum Gasteiger partial charge on any atom is 0.226 e. The zero-order chi connectivity index (χ0) is 17.3. The Labute approximate surface area is 149 Å². The van der Waals surface area contributed by atoms with Gasteiger partial charge in [-0.05, 0) is 43.0 Å². The number of anilines is 1. The smallest absolute Gasteiger partial charge is 0.226 e. The molecule has 126 valence electrons. The van der Waals surface area contributed by atoms with Gasteiger partial charge in [-0.1, -0.05) is 61.3 Å². The van der Waals surface area contributed by atoms with Crippen LogP contribution in [0.2, 0.25) is 5.02 Å². The highest BCUT2D eigenvalue weighted by molar-refractivity contribution is 6.31. The lowest BCUT2D eigenvalue weighted by atomic mass is 9.79. The fourth-order valence-electron chi connectivity index (χ4n) is 3.63. The Balaban J connectivity index is 1.91. The van der Waals surface area contributed by atoms with E-state index < -0.39 is 0 Å². The van der Waals surface area contributed by atoms with Crippen LogP contribution in [-0.4, -0.2) is 12.5 Å². The van der Waals surface area contributed by atoms with Crippen molar-refractivity contribution in [1.29, 1.82) is 0 Å². The maximum absolute atomic E-state index is 12.4. The quantitative estimate of drug-likeness (QED) is 0.739. The van der Waals surface area contributed by atoms with Crippen molar-refractivity contribution in [2.75, 3.05) is 11.4 Å². The number of carbonyl (C=O) groups excluding carboxylic acids is 1. The number of nitrogens with zero attached hydrogens (tertiary/aromatic N) is 1. The van der Waals surface area contributed by atoms with Gasteiger partial charge >= 0.3 is 0 Å². The Morgan fingerprint density at radius 1 is 1.25 bits per heavy atom. The molecular weight excluding hydrogens is 318 g/mol. The third-order valence-electron chi connectivity index (χ3n) is 5.11. The van der Waals surface area contributed by atoms with Gasteiger partial charge in [-0.25, -0.2) is 0 Å². The molecule has 3 heteroatoms. The molecule has 0 aliphatic carbocycles. The topological polar surface area (TPSA) is 20.3 Å². The molecule has 0 bridgehead atoms. The number of aryl methyl sites for hydroxylation is 2. The second-order valence-electron chi connectivity index (χ2n) is 7.01. The van der Waals surface area contributed by atoms with Crippen LogP contribution >= 0.6 is 11.6 Å². The average molecular weight is 342 g/mol. The molecule has 0 saturated carbocycles. The molecule has 0 N–H and O–H groups in total. The lowest BCUT2D eigenvalue weighted by molar-refractivity contribution is -0.118. The summed E-state index contributed by atoms with van der Waals surface area (Å²) in [5.41, 5.74) is 4.74. The van der Waals surface area contributed by atoms with Crippen LogP contribution in [0, 0.1) is 6.92 Å². The van der Waals surface area contributed by atoms with Gasteiger partial charge in [0.2, 0.25) is 5.91 Å². The Hall–Kier alpha value is -1.80. The van der Waals surface area contributed by atoms with Crippen LogP contribution < -0.4 is 4.90 Å². The first kappa shape index (κ1) is 17.0. The van der Waals surface area contributed by atoms with E-state index in [2.05, 4.69) is 38.1 Å². The number of fused-ring (bicyclic) bond motifs is 1. The molecule has 0 fully saturated rings. The van der Waals surface area contributed by atoms with Crippen molar-refractivity contribution >= 4 is 23.2 Å². The van der Waals surface area contributed by atoms with Gasteiger partial charge in [0.1, 0.15) is 0 Å². The van der Waals surface area contributed by atoms with Crippen LogP contribution in [0.25, 0.3) is 0 Å². The van der Waals surface area contributed by atoms with Gasteiger partial charge in [0, 0.05) is 29.1 Å². The molecule has 1 atom stereocenters. The van der Waals surface area contributed by atoms with E-state index in [-0.39, 0.29) is 11.3 Å². The summed E-state index contributed by atoms with van der Waals surface area (Å²) < 4.78 is 0. The highest BCUT2D eigenvalue weighted by Crippen LogP contribution is 2.44. The van der Waals surface area contributed by atoms with Gasteiger partial charge < -0.3 is 4.90 Å². The molecule has 1 heterocycles. The second kappa shape index (κ2) is 6.60. The summed E-state index contributed by atoms with van der Waals surface area (Å²) in [6.07, 6.45) is 2.42. The minimum Gasteiger partial charge on any atom is -0.311 e. The van der Waals surface area contributed by atoms with Crippen molar-refractivity contribution in [2.45, 2.75) is 45.4 Å². The minimum absolute atomic E-state index is 0.0364. The summed E-state index contributed by atoms with van der Waals surface area (Å²) in [6.45, 7) is 7.06. The molecule has 0 radical (unpaired) electrons. The summed E-state index contributed by atoms with van der Waals surface area (Å²) in [6, 6.07) is 14.5. The summed E-state index contributed by atoms with van der Waals surface area (Å²) >= 11 is 6.32. The van der Waals surface area contributed by atoms with E-state index in [0.717, 1.165) is 30.1 Å². The van der Waals surface area contributed by atoms with E-state index in [1.807, 2.05) is 30.0 Å². The number of rotatable bonds is 4. The first-order valence-corrected chi connectivity index (χ1v) is 8.97. The van der Waals surface area contributed by atoms with Crippen molar-refractivity contribution in [3.05, 3.63) is 64.2 Å². The lowest BCUT2D eigenvalue weighted by Gasteiger charge is -2.26. The molecule has 1 aliphatic rings. The van der Waals surface area contributed by atoms with Gasteiger partial charge in [-0.3, -0.25) is 4.79 Å². The van der Waals surface area contributed by atoms with Crippen molar-refractivity contribution in [1.82, 2.24) is 0 Å². The monoisotopic (exact) mass is 341 g/mol. The molecule has 0 spiro atoms. The summed E-state index contributed by atoms with van der Waals surface area (Å²) in [5, 5.41) is 0.824. The lowest BCUT2D eigenvalue weighted by Crippen LogP contribution is -2.35. The number of hydrogen-bond donors (Lipinski definition) is 0. The zero-order valence-corrected chi connectivity index (χ0v) is 15.4. The van der Waals surface area contributed by atoms with Crippen molar-refractivity contribution in [3.63, 3.8) is 0 Å². The van der Waals surface area contributed by atoms with Crippen LogP contribution in [0.4, 0.5) is 5.69 Å². The Kier molecular flexibility index (Phi) is 4.69. The number of benzene rings is 2. The summed E-state index contributed by atoms with van der Waals surface area (Å²) in [7, 11) is 0. The van der Waals surface area contributed by atoms with Gasteiger partial charge in [-0.2, -0.15) is 0 Å². The normalized spacial score (nSPS) is 19.4. The molecule has 3 rings (SSSR count). The minimum atomic E-state index is -0.0364. The maximum atomic E-state index is 12.4. The third-order valence-corrected chi connectivity index (χ3v) is 5.48. The Morgan fingerprint density at radius 3 is 2.71 bits per heavy atom. The van der Waals surface area contributed by atoms with Crippen LogP contribution in [0.3, 0.4) is 0 Å². The standard InChI is InChI=1S/C21H24ClNO/c1-4-20(24)23-14-21(3,17-13-15(2)9-10-19(17)23)12-11-16-7-5-6-8-18(16)22/h5-10,13H,4,11-12,14H2,1-3H3. The highest BCUT2D eigenvalue weighted by Gasteiger charge is 2.40. The fraction of sp³-hybridized carbons (Fsp3) is 0.381. The first-order valence-electron chi connectivity index (χ1n) is 8.59. The van der Waals surface area contributed by atoms with Crippen LogP contribution in [0.15, 0.2) is 42.5 Å². The Morgan fingerprint density at radius 2 is 2.00 bits per heavy atom. The number of amides is 1. The zero-order valence-electron chi connectivity index (χ0n) is 14.6. The van der Waals surface area contributed by atoms with E-state index in [1.54, 1.807) is 0 Å². The molecule has 0 saturated heterocycles. The van der Waals surface area contributed by atoms with Crippen molar-refractivity contribution in [2.24, 2.45) is 0 Å². The number of carbonyl (C=O) groups is 1. The predicted octanol–water partition coefficient (Wildman–Crippen LogP) is 5.30. The first-order chi connectivity index (χ1) is 11.4. The van der Waals surface area contributed by atoms with Gasteiger partial charge in [0.15, 0.2) is 0 Å². The van der Waals surface area contributed by atoms with Crippen LogP contribution in [0.1, 0.15) is 43.4 Å². The summed E-state index contributed by atoms with van der Waals surface area (Å²) in [5.74, 6) is 0.196. The van der Waals surface area contributed by atoms with Crippen LogP contribution in [-0.2, 0) is 16.6 Å². The van der Waals surface area contributed by atoms with E-state index >= 15 is 0 Å². The molecule has 1 unspecified atom stereocenters. The SMILES string of the molecule is CCC(=O)N1CC(C)(CCc2ccccc2Cl)c2cc(C)ccc21. The van der Waals surface area contributed by atoms with E-state index in [1.165, 1.54) is 16.7 Å². The number of halogens is 1. The molecule has 2 aromatic rings. The van der Waals surface area contributed by atoms with Gasteiger partial charge in [0.05, 0.1) is 0 Å². The summed E-state index contributed by atoms with van der Waals surface area (Å²) in [4.78, 5) is 14.3. The van der Waals surface area contributed by atoms with Gasteiger partial charge in [0.25, 0.3) is 0 Å². The molecule has 2 aromatic carbocycles. The van der Waals surface area contributed by atoms with Crippen molar-refractivity contribution < 1.29 is 4.79 Å². The number of hydrogen-bond acceptors (Lipinski definition) is 1. The highest BCUT2D eigenvalue weighted by atomic mass is 35.5. The van der Waals surface area contributed by atoms with E-state index in [4.69, 9.17) is 11.6 Å². The van der Waals surface area contributed by atoms with Crippen molar-refractivity contribution in [3.8, 4) is 0 Å². The molecule has 1 aliphatic heterocycles. The second-order valence-corrected chi connectivity index (χ2v) is 7.41. The third kappa shape index (κ3) is 3.08. The van der Waals surface area contributed by atoms with E-state index in [9.17, 15) is 4.79 Å². The molecule has 24 heavy (non-hydrogen) atoms. The molecule has 2 nitrogen and oxygen atoms in total. The molecule has 0 aromatic heterocycles. The average Bonchev–Trinajstić information content (AvgIpc) is 2.86. The van der Waals surface area contributed by atoms with Crippen LogP contribution in [0.5, 0.6) is 0 Å². The fourth-order valence-corrected chi connectivity index (χ4v) is 3.86. The van der Waals surface area contributed by atoms with E-state index in [0.29, 0.717) is 6.42 Å². The molecule has 1 amide bonds. The van der Waals surface area contributed by atoms with Gasteiger partial charge in [-0.15, -0.1) is 0 Å². The predicted molar refractivity (Wildman–Crippen MR) is 101 cm³/mol. The Bertz CT molecular complexity index is 770. The largest absolute Gasteiger partial charge is 0.311 e. The molecular formula is C21H24ClNO.